The van der Waals surface area contributed by atoms with Crippen molar-refractivity contribution in [1.82, 2.24) is 5.32 Å². The monoisotopic (exact) mass is 303 g/mol. The van der Waals surface area contributed by atoms with Gasteiger partial charge in [-0.3, -0.25) is 4.79 Å². The molecule has 1 aromatic carbocycles. The van der Waals surface area contributed by atoms with Gasteiger partial charge in [0.05, 0.1) is 19.8 Å². The molecule has 0 atom stereocenters. The van der Waals surface area contributed by atoms with Crippen LogP contribution in [0.25, 0.3) is 0 Å². The molecular formula is C13H18ClNO5. The number of halogens is 1. The first-order valence-corrected chi connectivity index (χ1v) is 6.36. The molecule has 0 spiro atoms. The Morgan fingerprint density at radius 2 is 1.90 bits per heavy atom. The third-order valence-corrected chi connectivity index (χ3v) is 3.04. The Kier molecular flexibility index (Phi) is 6.22. The van der Waals surface area contributed by atoms with E-state index < -0.39 is 31.3 Å². The summed E-state index contributed by atoms with van der Waals surface area (Å²) in [5.41, 5.74) is -0.668. The maximum atomic E-state index is 11.7. The molecular weight excluding hydrogens is 286 g/mol. The summed E-state index contributed by atoms with van der Waals surface area (Å²) in [7, 11) is 0. The van der Waals surface area contributed by atoms with Crippen LogP contribution < -0.4 is 10.1 Å². The standard InChI is InChI=1S/C13H18ClNO5/c1-9-4-10(14)2-3-11(9)20-5-12(19)15-13(6-16,7-17)8-18/h2-4,16-18H,5-8H2,1H3,(H,15,19). The van der Waals surface area contributed by atoms with Crippen molar-refractivity contribution in [2.45, 2.75) is 12.5 Å². The summed E-state index contributed by atoms with van der Waals surface area (Å²) < 4.78 is 5.32. The molecule has 0 saturated carbocycles. The lowest BCUT2D eigenvalue weighted by Gasteiger charge is -2.28. The van der Waals surface area contributed by atoms with Crippen LogP contribution in [-0.2, 0) is 4.79 Å². The van der Waals surface area contributed by atoms with E-state index in [-0.39, 0.29) is 6.61 Å². The Bertz CT molecular complexity index is 454. The number of nitrogens with one attached hydrogen (secondary N) is 1. The first kappa shape index (κ1) is 16.7. The number of carbonyl (C=O) groups is 1. The van der Waals surface area contributed by atoms with Crippen LogP contribution >= 0.6 is 11.6 Å². The lowest BCUT2D eigenvalue weighted by molar-refractivity contribution is -0.127. The number of hydrogen-bond donors (Lipinski definition) is 4. The maximum absolute atomic E-state index is 11.7. The fraction of sp³-hybridized carbons (Fsp3) is 0.462. The molecule has 0 saturated heterocycles. The van der Waals surface area contributed by atoms with Crippen molar-refractivity contribution in [2.75, 3.05) is 26.4 Å². The molecule has 0 bridgehead atoms. The number of carbonyl (C=O) groups excluding carboxylic acids is 1. The van der Waals surface area contributed by atoms with Crippen molar-refractivity contribution >= 4 is 17.5 Å². The highest BCUT2D eigenvalue weighted by Gasteiger charge is 2.29. The highest BCUT2D eigenvalue weighted by molar-refractivity contribution is 6.30. The average molecular weight is 304 g/mol. The van der Waals surface area contributed by atoms with Crippen LogP contribution in [0.2, 0.25) is 5.02 Å². The summed E-state index contributed by atoms with van der Waals surface area (Å²) in [4.78, 5) is 11.7. The molecule has 0 aliphatic carbocycles. The number of aliphatic hydroxyl groups is 3. The van der Waals surface area contributed by atoms with E-state index in [1.165, 1.54) is 0 Å². The minimum Gasteiger partial charge on any atom is -0.484 e. The van der Waals surface area contributed by atoms with Crippen molar-refractivity contribution < 1.29 is 24.9 Å². The van der Waals surface area contributed by atoms with E-state index in [1.54, 1.807) is 25.1 Å². The molecule has 0 radical (unpaired) electrons. The summed E-state index contributed by atoms with van der Waals surface area (Å²) in [6, 6.07) is 4.98. The highest BCUT2D eigenvalue weighted by Crippen LogP contribution is 2.21. The molecule has 0 aliphatic heterocycles. The Morgan fingerprint density at radius 1 is 1.30 bits per heavy atom. The Hall–Kier alpha value is -1.34. The van der Waals surface area contributed by atoms with Crippen molar-refractivity contribution in [3.05, 3.63) is 28.8 Å². The molecule has 1 amide bonds. The first-order chi connectivity index (χ1) is 9.46. The van der Waals surface area contributed by atoms with E-state index in [0.717, 1.165) is 5.56 Å². The van der Waals surface area contributed by atoms with Crippen molar-refractivity contribution in [2.24, 2.45) is 0 Å². The van der Waals surface area contributed by atoms with Crippen LogP contribution in [0.4, 0.5) is 0 Å². The highest BCUT2D eigenvalue weighted by atomic mass is 35.5. The molecule has 0 aliphatic rings. The minimum atomic E-state index is -1.45. The Labute approximate surface area is 121 Å². The lowest BCUT2D eigenvalue weighted by Crippen LogP contribution is -2.58. The quantitative estimate of drug-likeness (QED) is 0.562. The smallest absolute Gasteiger partial charge is 0.258 e. The van der Waals surface area contributed by atoms with Gasteiger partial charge in [-0.2, -0.15) is 0 Å². The predicted molar refractivity (Wildman–Crippen MR) is 73.8 cm³/mol. The van der Waals surface area contributed by atoms with Gasteiger partial charge in [-0.15, -0.1) is 0 Å². The van der Waals surface area contributed by atoms with Gasteiger partial charge in [-0.1, -0.05) is 11.6 Å². The van der Waals surface area contributed by atoms with Gasteiger partial charge in [-0.25, -0.2) is 0 Å². The number of rotatable bonds is 7. The normalized spacial score (nSPS) is 11.2. The summed E-state index contributed by atoms with van der Waals surface area (Å²) in [5.74, 6) is -0.0522. The molecule has 0 fully saturated rings. The van der Waals surface area contributed by atoms with Gasteiger partial charge in [0.15, 0.2) is 6.61 Å². The molecule has 20 heavy (non-hydrogen) atoms. The van der Waals surface area contributed by atoms with E-state index in [4.69, 9.17) is 31.7 Å². The van der Waals surface area contributed by atoms with Crippen LogP contribution in [0.15, 0.2) is 18.2 Å². The molecule has 0 heterocycles. The second-order valence-electron chi connectivity index (χ2n) is 4.50. The molecule has 6 nitrogen and oxygen atoms in total. The van der Waals surface area contributed by atoms with Crippen LogP contribution in [0.3, 0.4) is 0 Å². The van der Waals surface area contributed by atoms with Crippen LogP contribution in [0, 0.1) is 6.92 Å². The van der Waals surface area contributed by atoms with E-state index in [1.807, 2.05) is 0 Å². The zero-order chi connectivity index (χ0) is 15.2. The molecule has 4 N–H and O–H groups in total. The number of benzene rings is 1. The fourth-order valence-corrected chi connectivity index (χ4v) is 1.75. The molecule has 0 aromatic heterocycles. The molecule has 1 rings (SSSR count). The van der Waals surface area contributed by atoms with Crippen LogP contribution in [0.1, 0.15) is 5.56 Å². The maximum Gasteiger partial charge on any atom is 0.258 e. The van der Waals surface area contributed by atoms with Crippen molar-refractivity contribution in [1.29, 1.82) is 0 Å². The van der Waals surface area contributed by atoms with E-state index in [9.17, 15) is 4.79 Å². The van der Waals surface area contributed by atoms with Gasteiger partial charge in [0.1, 0.15) is 11.3 Å². The van der Waals surface area contributed by atoms with E-state index in [0.29, 0.717) is 10.8 Å². The number of aliphatic hydroxyl groups excluding tert-OH is 3. The van der Waals surface area contributed by atoms with Gasteiger partial charge in [0.25, 0.3) is 5.91 Å². The summed E-state index contributed by atoms with van der Waals surface area (Å²) in [5, 5.41) is 30.2. The Balaban J connectivity index is 2.59. The zero-order valence-electron chi connectivity index (χ0n) is 11.1. The fourth-order valence-electron chi connectivity index (χ4n) is 1.52. The molecule has 7 heteroatoms. The topological polar surface area (TPSA) is 99.0 Å². The summed E-state index contributed by atoms with van der Waals surface area (Å²) in [6.07, 6.45) is 0. The van der Waals surface area contributed by atoms with Crippen molar-refractivity contribution in [3.63, 3.8) is 0 Å². The van der Waals surface area contributed by atoms with Crippen molar-refractivity contribution in [3.8, 4) is 5.75 Å². The number of hydrogen-bond acceptors (Lipinski definition) is 5. The summed E-state index contributed by atoms with van der Waals surface area (Å²) in [6.45, 7) is -0.244. The van der Waals surface area contributed by atoms with Gasteiger partial charge in [-0.05, 0) is 30.7 Å². The molecule has 0 unspecified atom stereocenters. The molecule has 1 aromatic rings. The minimum absolute atomic E-state index is 0.301. The zero-order valence-corrected chi connectivity index (χ0v) is 11.9. The van der Waals surface area contributed by atoms with E-state index >= 15 is 0 Å². The number of amides is 1. The summed E-state index contributed by atoms with van der Waals surface area (Å²) >= 11 is 5.80. The van der Waals surface area contributed by atoms with E-state index in [2.05, 4.69) is 5.32 Å². The predicted octanol–water partition coefficient (Wildman–Crippen LogP) is -0.141. The average Bonchev–Trinajstić information content (AvgIpc) is 2.44. The second kappa shape index (κ2) is 7.44. The molecule has 112 valence electrons. The lowest BCUT2D eigenvalue weighted by atomic mass is 10.0. The third-order valence-electron chi connectivity index (χ3n) is 2.81. The first-order valence-electron chi connectivity index (χ1n) is 5.99. The number of ether oxygens (including phenoxy) is 1. The van der Waals surface area contributed by atoms with Crippen LogP contribution in [0.5, 0.6) is 5.75 Å². The SMILES string of the molecule is Cc1cc(Cl)ccc1OCC(=O)NC(CO)(CO)CO. The Morgan fingerprint density at radius 3 is 2.40 bits per heavy atom. The van der Waals surface area contributed by atoms with Gasteiger partial charge < -0.3 is 25.4 Å². The largest absolute Gasteiger partial charge is 0.484 e. The van der Waals surface area contributed by atoms with Gasteiger partial charge >= 0.3 is 0 Å². The third kappa shape index (κ3) is 4.35. The van der Waals surface area contributed by atoms with Gasteiger partial charge in [0.2, 0.25) is 0 Å². The second-order valence-corrected chi connectivity index (χ2v) is 4.94. The van der Waals surface area contributed by atoms with Gasteiger partial charge in [0, 0.05) is 5.02 Å². The van der Waals surface area contributed by atoms with Crippen LogP contribution in [-0.4, -0.2) is 53.2 Å². The number of aryl methyl sites for hydroxylation is 1.